The summed E-state index contributed by atoms with van der Waals surface area (Å²) in [6.45, 7) is 0. The standard InChI is InChI=1S/C54H33NOS/c1-3-12-41-35(10-1)20-21-38-32-37(25-29-42(38)41)34-22-26-39(27-23-34)55(40-28-31-46-45-15-6-8-19-51(45)57-52(46)33-40)49-17-7-5-14-44(49)47-16-9-18-50-53(47)48-30-24-36-11-2-4-13-43(36)54(48)56-50/h1-33H. The second-order valence-corrected chi connectivity index (χ2v) is 15.9. The number of nitrogens with zero attached hydrogens (tertiary/aromatic N) is 1. The molecule has 10 aromatic carbocycles. The van der Waals surface area contributed by atoms with Crippen LogP contribution in [0.3, 0.4) is 0 Å². The van der Waals surface area contributed by atoms with Gasteiger partial charge in [0.05, 0.1) is 5.69 Å². The van der Waals surface area contributed by atoms with Gasteiger partial charge in [-0.05, 0) is 98.2 Å². The topological polar surface area (TPSA) is 16.4 Å². The van der Waals surface area contributed by atoms with Crippen molar-refractivity contribution in [3.63, 3.8) is 0 Å². The van der Waals surface area contributed by atoms with Crippen molar-refractivity contribution in [3.05, 3.63) is 200 Å². The van der Waals surface area contributed by atoms with Crippen LogP contribution < -0.4 is 4.90 Å². The summed E-state index contributed by atoms with van der Waals surface area (Å²) in [6, 6.07) is 72.8. The van der Waals surface area contributed by atoms with Gasteiger partial charge < -0.3 is 9.32 Å². The van der Waals surface area contributed by atoms with E-state index in [2.05, 4.69) is 205 Å². The summed E-state index contributed by atoms with van der Waals surface area (Å²) in [5.74, 6) is 0. The summed E-state index contributed by atoms with van der Waals surface area (Å²) >= 11 is 1.85. The van der Waals surface area contributed by atoms with Gasteiger partial charge in [0.2, 0.25) is 0 Å². The summed E-state index contributed by atoms with van der Waals surface area (Å²) in [7, 11) is 0. The number of thiophene rings is 1. The van der Waals surface area contributed by atoms with Crippen LogP contribution in [0.1, 0.15) is 0 Å². The zero-order chi connectivity index (χ0) is 37.5. The molecule has 2 nitrogen and oxygen atoms in total. The molecule has 0 saturated heterocycles. The Morgan fingerprint density at radius 1 is 0.368 bits per heavy atom. The van der Waals surface area contributed by atoms with E-state index in [0.717, 1.165) is 55.5 Å². The molecule has 2 heterocycles. The van der Waals surface area contributed by atoms with Crippen molar-refractivity contribution in [1.82, 2.24) is 0 Å². The van der Waals surface area contributed by atoms with Crippen molar-refractivity contribution in [2.24, 2.45) is 0 Å². The normalized spacial score (nSPS) is 11.9. The van der Waals surface area contributed by atoms with E-state index in [1.807, 2.05) is 11.3 Å². The maximum absolute atomic E-state index is 6.67. The van der Waals surface area contributed by atoms with Gasteiger partial charge in [-0.3, -0.25) is 0 Å². The average molecular weight is 744 g/mol. The monoisotopic (exact) mass is 743 g/mol. The SMILES string of the molecule is c1ccc(N(c2ccc(-c3ccc4c(ccc5ccccc54)c3)cc2)c2ccc3c(c2)sc2ccccc23)c(-c2cccc3oc4c5ccccc5ccc4c23)c1. The Balaban J connectivity index is 1.04. The molecule has 0 N–H and O–H groups in total. The molecule has 0 bridgehead atoms. The van der Waals surface area contributed by atoms with Gasteiger partial charge >= 0.3 is 0 Å². The molecular formula is C54H33NOS. The highest BCUT2D eigenvalue weighted by molar-refractivity contribution is 7.25. The summed E-state index contributed by atoms with van der Waals surface area (Å²) in [6.07, 6.45) is 0. The average Bonchev–Trinajstić information content (AvgIpc) is 3.85. The van der Waals surface area contributed by atoms with Gasteiger partial charge in [0, 0.05) is 53.3 Å². The number of benzene rings is 10. The third kappa shape index (κ3) is 5.10. The molecule has 0 unspecified atom stereocenters. The molecule has 0 saturated carbocycles. The molecule has 3 heteroatoms. The fraction of sp³-hybridized carbons (Fsp3) is 0. The quantitative estimate of drug-likeness (QED) is 0.163. The highest BCUT2D eigenvalue weighted by atomic mass is 32.1. The molecule has 0 aliphatic rings. The Labute approximate surface area is 333 Å². The van der Waals surface area contributed by atoms with Crippen LogP contribution >= 0.6 is 11.3 Å². The summed E-state index contributed by atoms with van der Waals surface area (Å²) in [4.78, 5) is 2.42. The number of hydrogen-bond acceptors (Lipinski definition) is 3. The van der Waals surface area contributed by atoms with Crippen molar-refractivity contribution in [2.75, 3.05) is 4.90 Å². The molecule has 266 valence electrons. The first-order chi connectivity index (χ1) is 28.2. The number of anilines is 3. The number of furan rings is 1. The van der Waals surface area contributed by atoms with E-state index in [0.29, 0.717) is 0 Å². The van der Waals surface area contributed by atoms with Crippen LogP contribution in [0.4, 0.5) is 17.1 Å². The predicted molar refractivity (Wildman–Crippen MR) is 245 cm³/mol. The molecule has 2 aromatic heterocycles. The molecule has 57 heavy (non-hydrogen) atoms. The van der Waals surface area contributed by atoms with Gasteiger partial charge in [0.1, 0.15) is 11.2 Å². The van der Waals surface area contributed by atoms with E-state index < -0.39 is 0 Å². The molecule has 0 radical (unpaired) electrons. The molecule has 0 aliphatic carbocycles. The van der Waals surface area contributed by atoms with Crippen molar-refractivity contribution in [3.8, 4) is 22.3 Å². The van der Waals surface area contributed by atoms with Crippen LogP contribution in [0.15, 0.2) is 205 Å². The van der Waals surface area contributed by atoms with Gasteiger partial charge in [0.25, 0.3) is 0 Å². The first-order valence-electron chi connectivity index (χ1n) is 19.4. The smallest absolute Gasteiger partial charge is 0.143 e. The van der Waals surface area contributed by atoms with Gasteiger partial charge in [-0.15, -0.1) is 11.3 Å². The van der Waals surface area contributed by atoms with E-state index >= 15 is 0 Å². The minimum absolute atomic E-state index is 0.889. The lowest BCUT2D eigenvalue weighted by Crippen LogP contribution is -2.11. The van der Waals surface area contributed by atoms with E-state index in [4.69, 9.17) is 4.42 Å². The van der Waals surface area contributed by atoms with Crippen LogP contribution in [-0.2, 0) is 0 Å². The molecular weight excluding hydrogens is 711 g/mol. The number of rotatable bonds is 5. The summed E-state index contributed by atoms with van der Waals surface area (Å²) in [5, 5.41) is 12.2. The summed E-state index contributed by atoms with van der Waals surface area (Å²) < 4.78 is 9.24. The lowest BCUT2D eigenvalue weighted by molar-refractivity contribution is 0.673. The third-order valence-corrected chi connectivity index (χ3v) is 12.8. The molecule has 12 rings (SSSR count). The fourth-order valence-electron chi connectivity index (χ4n) is 8.95. The second-order valence-electron chi connectivity index (χ2n) is 14.8. The Morgan fingerprint density at radius 3 is 1.88 bits per heavy atom. The zero-order valence-corrected chi connectivity index (χ0v) is 31.6. The van der Waals surface area contributed by atoms with Crippen molar-refractivity contribution < 1.29 is 4.42 Å². The Hall–Kier alpha value is -7.20. The van der Waals surface area contributed by atoms with E-state index in [1.54, 1.807) is 0 Å². The molecule has 0 fully saturated rings. The molecule has 0 aliphatic heterocycles. The zero-order valence-electron chi connectivity index (χ0n) is 30.8. The van der Waals surface area contributed by atoms with Gasteiger partial charge in [-0.1, -0.05) is 146 Å². The molecule has 0 spiro atoms. The maximum atomic E-state index is 6.67. The minimum Gasteiger partial charge on any atom is -0.455 e. The van der Waals surface area contributed by atoms with Gasteiger partial charge in [0.15, 0.2) is 0 Å². The maximum Gasteiger partial charge on any atom is 0.143 e. The Bertz CT molecular complexity index is 3540. The first kappa shape index (κ1) is 32.1. The molecule has 0 amide bonds. The van der Waals surface area contributed by atoms with Crippen LogP contribution in [0.2, 0.25) is 0 Å². The Morgan fingerprint density at radius 2 is 0.982 bits per heavy atom. The van der Waals surface area contributed by atoms with Crippen molar-refractivity contribution in [2.45, 2.75) is 0 Å². The van der Waals surface area contributed by atoms with E-state index in [1.165, 1.54) is 58.2 Å². The number of hydrogen-bond donors (Lipinski definition) is 0. The lowest BCUT2D eigenvalue weighted by atomic mass is 9.95. The molecule has 0 atom stereocenters. The highest BCUT2D eigenvalue weighted by Gasteiger charge is 2.22. The highest BCUT2D eigenvalue weighted by Crippen LogP contribution is 2.47. The van der Waals surface area contributed by atoms with Gasteiger partial charge in [-0.25, -0.2) is 0 Å². The molecule has 12 aromatic rings. The first-order valence-corrected chi connectivity index (χ1v) is 20.2. The van der Waals surface area contributed by atoms with Crippen LogP contribution in [-0.4, -0.2) is 0 Å². The third-order valence-electron chi connectivity index (χ3n) is 11.6. The summed E-state index contributed by atoms with van der Waals surface area (Å²) in [5.41, 5.74) is 9.79. The van der Waals surface area contributed by atoms with E-state index in [-0.39, 0.29) is 0 Å². The van der Waals surface area contributed by atoms with Crippen molar-refractivity contribution >= 4 is 103 Å². The largest absolute Gasteiger partial charge is 0.455 e. The van der Waals surface area contributed by atoms with E-state index in [9.17, 15) is 0 Å². The fourth-order valence-corrected chi connectivity index (χ4v) is 10.1. The number of para-hydroxylation sites is 1. The second kappa shape index (κ2) is 12.7. The van der Waals surface area contributed by atoms with Gasteiger partial charge in [-0.2, -0.15) is 0 Å². The van der Waals surface area contributed by atoms with Crippen LogP contribution in [0, 0.1) is 0 Å². The predicted octanol–water partition coefficient (Wildman–Crippen LogP) is 16.2. The van der Waals surface area contributed by atoms with Crippen LogP contribution in [0.5, 0.6) is 0 Å². The minimum atomic E-state index is 0.889. The van der Waals surface area contributed by atoms with Crippen molar-refractivity contribution in [1.29, 1.82) is 0 Å². The lowest BCUT2D eigenvalue weighted by Gasteiger charge is -2.28. The van der Waals surface area contributed by atoms with Crippen LogP contribution in [0.25, 0.3) is 96.7 Å². The Kier molecular flexibility index (Phi) is 7.13. The number of fused-ring (bicyclic) bond motifs is 11.